The van der Waals surface area contributed by atoms with E-state index in [1.54, 1.807) is 12.1 Å². The molecule has 2 aliphatic rings. The highest BCUT2D eigenvalue weighted by atomic mass is 32.1. The molecule has 0 spiro atoms. The molecule has 2 aromatic rings. The predicted octanol–water partition coefficient (Wildman–Crippen LogP) is 3.95. The molecule has 1 amide bonds. The fraction of sp³-hybridized carbons (Fsp3) is 0.524. The number of thiazole rings is 1. The summed E-state index contributed by atoms with van der Waals surface area (Å²) in [6.07, 6.45) is 3.01. The van der Waals surface area contributed by atoms with Crippen LogP contribution in [0.25, 0.3) is 0 Å². The monoisotopic (exact) mass is 403 g/mol. The first kappa shape index (κ1) is 19.5. The molecule has 2 unspecified atom stereocenters. The molecule has 1 N–H and O–H groups in total. The number of amides is 1. The maximum atomic E-state index is 13.3. The van der Waals surface area contributed by atoms with Crippen molar-refractivity contribution in [1.29, 1.82) is 0 Å². The molecular weight excluding hydrogens is 377 g/mol. The van der Waals surface area contributed by atoms with Gasteiger partial charge in [-0.05, 0) is 44.4 Å². The molecule has 1 aromatic heterocycles. The summed E-state index contributed by atoms with van der Waals surface area (Å²) in [5.74, 6) is -0.324. The molecule has 1 saturated heterocycles. The van der Waals surface area contributed by atoms with Crippen LogP contribution in [0.3, 0.4) is 0 Å². The molecule has 150 valence electrons. The first-order chi connectivity index (χ1) is 13.4. The van der Waals surface area contributed by atoms with Crippen molar-refractivity contribution in [3.63, 3.8) is 0 Å². The summed E-state index contributed by atoms with van der Waals surface area (Å²) in [6.45, 7) is 6.70. The number of nitrogens with one attached hydrogen (secondary N) is 1. The number of hydrogen-bond acceptors (Lipinski definition) is 5. The van der Waals surface area contributed by atoms with Crippen LogP contribution in [0.4, 0.5) is 9.52 Å². The number of carbonyl (C=O) groups excluding carboxylic acids is 1. The molecule has 2 atom stereocenters. The zero-order valence-electron chi connectivity index (χ0n) is 16.3. The zero-order valence-corrected chi connectivity index (χ0v) is 17.1. The Morgan fingerprint density at radius 3 is 2.57 bits per heavy atom. The average Bonchev–Trinajstić information content (AvgIpc) is 3.01. The summed E-state index contributed by atoms with van der Waals surface area (Å²) in [5.41, 5.74) is 1.28. The summed E-state index contributed by atoms with van der Waals surface area (Å²) >= 11 is 1.46. The highest BCUT2D eigenvalue weighted by Crippen LogP contribution is 2.44. The lowest BCUT2D eigenvalue weighted by atomic mass is 9.64. The molecule has 4 rings (SSSR count). The average molecular weight is 404 g/mol. The van der Waals surface area contributed by atoms with Gasteiger partial charge in [-0.15, -0.1) is 11.3 Å². The smallest absolute Gasteiger partial charge is 0.236 e. The Morgan fingerprint density at radius 2 is 1.96 bits per heavy atom. The SMILES string of the molecule is CC1CN(Cc2csc(NC(=O)C3(c4ccc(F)cc4)CCC3)n2)CC(C)O1. The topological polar surface area (TPSA) is 54.5 Å². The lowest BCUT2D eigenvalue weighted by Gasteiger charge is -2.40. The Balaban J connectivity index is 1.42. The van der Waals surface area contributed by atoms with Crippen molar-refractivity contribution < 1.29 is 13.9 Å². The summed E-state index contributed by atoms with van der Waals surface area (Å²) in [6, 6.07) is 6.30. The van der Waals surface area contributed by atoms with Crippen molar-refractivity contribution in [2.75, 3.05) is 18.4 Å². The van der Waals surface area contributed by atoms with E-state index in [1.165, 1.54) is 23.5 Å². The molecule has 28 heavy (non-hydrogen) atoms. The van der Waals surface area contributed by atoms with E-state index in [1.807, 2.05) is 5.38 Å². The van der Waals surface area contributed by atoms with E-state index in [0.717, 1.165) is 50.2 Å². The van der Waals surface area contributed by atoms with E-state index in [0.29, 0.717) is 5.13 Å². The fourth-order valence-corrected chi connectivity index (χ4v) is 4.94. The number of aromatic nitrogens is 1. The third-order valence-electron chi connectivity index (χ3n) is 5.69. The van der Waals surface area contributed by atoms with Crippen LogP contribution in [0.5, 0.6) is 0 Å². The third-order valence-corrected chi connectivity index (χ3v) is 6.50. The van der Waals surface area contributed by atoms with Crippen molar-refractivity contribution in [3.05, 3.63) is 46.7 Å². The van der Waals surface area contributed by atoms with Crippen molar-refractivity contribution in [1.82, 2.24) is 9.88 Å². The Bertz CT molecular complexity index is 824. The highest BCUT2D eigenvalue weighted by molar-refractivity contribution is 7.13. The minimum absolute atomic E-state index is 0.0418. The molecule has 0 bridgehead atoms. The largest absolute Gasteiger partial charge is 0.373 e. The van der Waals surface area contributed by atoms with Gasteiger partial charge in [0.1, 0.15) is 5.82 Å². The van der Waals surface area contributed by atoms with Gasteiger partial charge in [-0.2, -0.15) is 0 Å². The van der Waals surface area contributed by atoms with E-state index >= 15 is 0 Å². The van der Waals surface area contributed by atoms with E-state index in [4.69, 9.17) is 4.74 Å². The number of halogens is 1. The van der Waals surface area contributed by atoms with Crippen LogP contribution >= 0.6 is 11.3 Å². The predicted molar refractivity (Wildman–Crippen MR) is 108 cm³/mol. The Labute approximate surface area is 168 Å². The van der Waals surface area contributed by atoms with E-state index in [2.05, 4.69) is 29.0 Å². The molecule has 2 fully saturated rings. The second-order valence-electron chi connectivity index (χ2n) is 7.99. The maximum absolute atomic E-state index is 13.3. The molecule has 1 aromatic carbocycles. The van der Waals surface area contributed by atoms with Gasteiger partial charge in [-0.3, -0.25) is 9.69 Å². The molecule has 0 radical (unpaired) electrons. The standard InChI is InChI=1S/C21H26FN3O2S/c1-14-10-25(11-15(2)27-14)12-18-13-28-20(23-18)24-19(26)21(8-3-9-21)16-4-6-17(22)7-5-16/h4-7,13-15H,3,8-12H2,1-2H3,(H,23,24,26). The number of rotatable bonds is 5. The highest BCUT2D eigenvalue weighted by Gasteiger charge is 2.45. The Morgan fingerprint density at radius 1 is 1.29 bits per heavy atom. The second-order valence-corrected chi connectivity index (χ2v) is 8.85. The van der Waals surface area contributed by atoms with Crippen molar-refractivity contribution in [2.24, 2.45) is 0 Å². The minimum Gasteiger partial charge on any atom is -0.373 e. The van der Waals surface area contributed by atoms with E-state index in [-0.39, 0.29) is 23.9 Å². The maximum Gasteiger partial charge on any atom is 0.236 e. The van der Waals surface area contributed by atoms with Crippen LogP contribution in [-0.2, 0) is 21.5 Å². The molecule has 2 heterocycles. The molecule has 1 aliphatic heterocycles. The van der Waals surface area contributed by atoms with Gasteiger partial charge in [-0.1, -0.05) is 18.6 Å². The van der Waals surface area contributed by atoms with Gasteiger partial charge in [0.25, 0.3) is 0 Å². The lowest BCUT2D eigenvalue weighted by molar-refractivity contribution is -0.124. The van der Waals surface area contributed by atoms with Gasteiger partial charge < -0.3 is 10.1 Å². The van der Waals surface area contributed by atoms with Crippen molar-refractivity contribution in [2.45, 2.75) is 57.3 Å². The van der Waals surface area contributed by atoms with E-state index < -0.39 is 5.41 Å². The number of nitrogens with zero attached hydrogens (tertiary/aromatic N) is 2. The van der Waals surface area contributed by atoms with Crippen molar-refractivity contribution >= 4 is 22.4 Å². The van der Waals surface area contributed by atoms with Gasteiger partial charge in [0.15, 0.2) is 5.13 Å². The van der Waals surface area contributed by atoms with Gasteiger partial charge >= 0.3 is 0 Å². The second kappa shape index (κ2) is 7.89. The Kier molecular flexibility index (Phi) is 5.49. The zero-order chi connectivity index (χ0) is 19.7. The molecular formula is C21H26FN3O2S. The number of hydrogen-bond donors (Lipinski definition) is 1. The van der Waals surface area contributed by atoms with Crippen LogP contribution in [0, 0.1) is 5.82 Å². The number of anilines is 1. The molecule has 1 aliphatic carbocycles. The number of carbonyl (C=O) groups is 1. The quantitative estimate of drug-likeness (QED) is 0.821. The van der Waals surface area contributed by atoms with Gasteiger partial charge in [0.2, 0.25) is 5.91 Å². The first-order valence-electron chi connectivity index (χ1n) is 9.84. The molecule has 5 nitrogen and oxygen atoms in total. The normalized spacial score (nSPS) is 24.5. The minimum atomic E-state index is -0.561. The fourth-order valence-electron chi connectivity index (χ4n) is 4.24. The van der Waals surface area contributed by atoms with Crippen LogP contribution in [-0.4, -0.2) is 41.1 Å². The summed E-state index contributed by atoms with van der Waals surface area (Å²) in [4.78, 5) is 20.0. The number of benzene rings is 1. The van der Waals surface area contributed by atoms with Crippen molar-refractivity contribution in [3.8, 4) is 0 Å². The first-order valence-corrected chi connectivity index (χ1v) is 10.7. The molecule has 7 heteroatoms. The van der Waals surface area contributed by atoms with Crippen LogP contribution in [0.2, 0.25) is 0 Å². The van der Waals surface area contributed by atoms with Crippen LogP contribution in [0.15, 0.2) is 29.6 Å². The number of ether oxygens (including phenoxy) is 1. The summed E-state index contributed by atoms with van der Waals surface area (Å²) in [5, 5.41) is 5.64. The van der Waals surface area contributed by atoms with Gasteiger partial charge in [0.05, 0.1) is 23.3 Å². The lowest BCUT2D eigenvalue weighted by Crippen LogP contribution is -2.46. The molecule has 1 saturated carbocycles. The Hall–Kier alpha value is -1.83. The van der Waals surface area contributed by atoms with Gasteiger partial charge in [-0.25, -0.2) is 9.37 Å². The van der Waals surface area contributed by atoms with Crippen LogP contribution in [0.1, 0.15) is 44.4 Å². The van der Waals surface area contributed by atoms with E-state index in [9.17, 15) is 9.18 Å². The van der Waals surface area contributed by atoms with Crippen LogP contribution < -0.4 is 5.32 Å². The van der Waals surface area contributed by atoms with Gasteiger partial charge in [0, 0.05) is 25.0 Å². The third kappa shape index (κ3) is 3.97. The number of morpholine rings is 1. The summed E-state index contributed by atoms with van der Waals surface area (Å²) < 4.78 is 19.0. The summed E-state index contributed by atoms with van der Waals surface area (Å²) in [7, 11) is 0.